The molecule has 0 radical (unpaired) electrons. The SMILES string of the molecule is O=C(CNS(=O)[O-])NCCCCC1=CCC=CC1. The summed E-state index contributed by atoms with van der Waals surface area (Å²) in [5.41, 5.74) is 1.47. The Morgan fingerprint density at radius 2 is 2.22 bits per heavy atom. The van der Waals surface area contributed by atoms with E-state index in [1.54, 1.807) is 0 Å². The number of hydrogen-bond acceptors (Lipinski definition) is 3. The molecule has 0 aliphatic heterocycles. The van der Waals surface area contributed by atoms with E-state index in [-0.39, 0.29) is 12.5 Å². The van der Waals surface area contributed by atoms with E-state index in [0.717, 1.165) is 32.1 Å². The predicted molar refractivity (Wildman–Crippen MR) is 70.2 cm³/mol. The zero-order valence-corrected chi connectivity index (χ0v) is 11.1. The van der Waals surface area contributed by atoms with Gasteiger partial charge >= 0.3 is 0 Å². The van der Waals surface area contributed by atoms with Crippen LogP contribution in [0.5, 0.6) is 0 Å². The highest BCUT2D eigenvalue weighted by Crippen LogP contribution is 2.16. The molecule has 0 saturated heterocycles. The molecule has 1 unspecified atom stereocenters. The van der Waals surface area contributed by atoms with Crippen LogP contribution in [-0.4, -0.2) is 27.8 Å². The average molecular weight is 271 g/mol. The van der Waals surface area contributed by atoms with Gasteiger partial charge in [-0.3, -0.25) is 9.00 Å². The molecular formula is C12H19N2O3S-. The molecule has 0 fully saturated rings. The molecular weight excluding hydrogens is 252 g/mol. The summed E-state index contributed by atoms with van der Waals surface area (Å²) in [4.78, 5) is 11.1. The molecule has 0 aromatic carbocycles. The van der Waals surface area contributed by atoms with Crippen LogP contribution >= 0.6 is 0 Å². The van der Waals surface area contributed by atoms with Gasteiger partial charge in [0.2, 0.25) is 5.91 Å². The quantitative estimate of drug-likeness (QED) is 0.391. The number of amides is 1. The van der Waals surface area contributed by atoms with Gasteiger partial charge in [0.05, 0.1) is 6.54 Å². The normalized spacial score (nSPS) is 16.2. The van der Waals surface area contributed by atoms with Gasteiger partial charge in [0.25, 0.3) is 0 Å². The molecule has 5 nitrogen and oxygen atoms in total. The van der Waals surface area contributed by atoms with Crippen molar-refractivity contribution in [1.82, 2.24) is 10.0 Å². The van der Waals surface area contributed by atoms with Crippen LogP contribution in [0.4, 0.5) is 0 Å². The number of carbonyl (C=O) groups is 1. The van der Waals surface area contributed by atoms with Crippen molar-refractivity contribution in [2.45, 2.75) is 32.1 Å². The van der Waals surface area contributed by atoms with E-state index in [4.69, 9.17) is 0 Å². The van der Waals surface area contributed by atoms with Gasteiger partial charge in [-0.1, -0.05) is 23.8 Å². The van der Waals surface area contributed by atoms with E-state index in [0.29, 0.717) is 6.54 Å². The molecule has 102 valence electrons. The number of carbonyl (C=O) groups excluding carboxylic acids is 1. The second-order valence-corrected chi connectivity index (χ2v) is 4.89. The summed E-state index contributed by atoms with van der Waals surface area (Å²) in [5, 5.41) is 2.67. The highest BCUT2D eigenvalue weighted by Gasteiger charge is 2.01. The molecule has 0 spiro atoms. The first-order valence-electron chi connectivity index (χ1n) is 6.11. The number of rotatable bonds is 8. The first kappa shape index (κ1) is 15.1. The summed E-state index contributed by atoms with van der Waals surface area (Å²) in [6.45, 7) is 0.404. The third kappa shape index (κ3) is 7.37. The van der Waals surface area contributed by atoms with E-state index >= 15 is 0 Å². The monoisotopic (exact) mass is 271 g/mol. The number of nitrogens with one attached hydrogen (secondary N) is 2. The van der Waals surface area contributed by atoms with Crippen molar-refractivity contribution in [3.8, 4) is 0 Å². The Balaban J connectivity index is 1.96. The van der Waals surface area contributed by atoms with E-state index in [9.17, 15) is 13.6 Å². The predicted octanol–water partition coefficient (Wildman–Crippen LogP) is 0.933. The molecule has 1 amide bonds. The fraction of sp³-hybridized carbons (Fsp3) is 0.583. The van der Waals surface area contributed by atoms with E-state index < -0.39 is 11.3 Å². The minimum absolute atomic E-state index is 0.188. The summed E-state index contributed by atoms with van der Waals surface area (Å²) >= 11 is -2.37. The minimum atomic E-state index is -2.37. The molecule has 6 heteroatoms. The Labute approximate surface area is 110 Å². The zero-order chi connectivity index (χ0) is 13.2. The van der Waals surface area contributed by atoms with Crippen LogP contribution in [0.3, 0.4) is 0 Å². The van der Waals surface area contributed by atoms with Gasteiger partial charge in [0.15, 0.2) is 0 Å². The van der Waals surface area contributed by atoms with Crippen LogP contribution in [-0.2, 0) is 16.1 Å². The van der Waals surface area contributed by atoms with Gasteiger partial charge in [-0.15, -0.1) is 0 Å². The first-order chi connectivity index (χ1) is 8.68. The van der Waals surface area contributed by atoms with E-state index in [1.165, 1.54) is 5.57 Å². The molecule has 1 rings (SSSR count). The topological polar surface area (TPSA) is 81.3 Å². The molecule has 0 aromatic heterocycles. The Bertz CT molecular complexity index is 353. The molecule has 0 aromatic rings. The van der Waals surface area contributed by atoms with Crippen molar-refractivity contribution < 1.29 is 13.6 Å². The lowest BCUT2D eigenvalue weighted by molar-refractivity contribution is -0.119. The molecule has 1 atom stereocenters. The van der Waals surface area contributed by atoms with Crippen LogP contribution in [0.2, 0.25) is 0 Å². The molecule has 2 N–H and O–H groups in total. The van der Waals surface area contributed by atoms with Gasteiger partial charge in [-0.2, -0.15) is 0 Å². The van der Waals surface area contributed by atoms with Crippen molar-refractivity contribution in [2.24, 2.45) is 0 Å². The Kier molecular flexibility index (Phi) is 7.55. The molecule has 1 aliphatic rings. The maximum atomic E-state index is 11.1. The van der Waals surface area contributed by atoms with Crippen LogP contribution in [0, 0.1) is 0 Å². The second-order valence-electron chi connectivity index (χ2n) is 4.14. The van der Waals surface area contributed by atoms with Crippen molar-refractivity contribution >= 4 is 17.2 Å². The minimum Gasteiger partial charge on any atom is -0.760 e. The maximum absolute atomic E-state index is 11.1. The van der Waals surface area contributed by atoms with Crippen LogP contribution < -0.4 is 10.0 Å². The summed E-state index contributed by atoms with van der Waals surface area (Å²) in [7, 11) is 0. The number of allylic oxidation sites excluding steroid dienone is 4. The smallest absolute Gasteiger partial charge is 0.234 e. The van der Waals surface area contributed by atoms with Crippen molar-refractivity contribution in [3.05, 3.63) is 23.8 Å². The highest BCUT2D eigenvalue weighted by molar-refractivity contribution is 7.77. The number of unbranched alkanes of at least 4 members (excludes halogenated alkanes) is 1. The van der Waals surface area contributed by atoms with Crippen molar-refractivity contribution in [3.63, 3.8) is 0 Å². The van der Waals surface area contributed by atoms with Gasteiger partial charge in [-0.05, 0) is 32.1 Å². The Hall–Kier alpha value is -0.980. The Morgan fingerprint density at radius 1 is 1.39 bits per heavy atom. The molecule has 18 heavy (non-hydrogen) atoms. The molecule has 0 bridgehead atoms. The van der Waals surface area contributed by atoms with Gasteiger partial charge in [0.1, 0.15) is 0 Å². The lowest BCUT2D eigenvalue weighted by Crippen LogP contribution is -2.35. The summed E-state index contributed by atoms with van der Waals surface area (Å²) in [5.74, 6) is -0.293. The molecule has 0 heterocycles. The largest absolute Gasteiger partial charge is 0.760 e. The van der Waals surface area contributed by atoms with Gasteiger partial charge in [0, 0.05) is 17.8 Å². The van der Waals surface area contributed by atoms with Crippen molar-refractivity contribution in [1.29, 1.82) is 0 Å². The van der Waals surface area contributed by atoms with Gasteiger partial charge < -0.3 is 9.87 Å². The number of hydrogen-bond donors (Lipinski definition) is 2. The van der Waals surface area contributed by atoms with Crippen LogP contribution in [0.1, 0.15) is 32.1 Å². The third-order valence-corrected chi connectivity index (χ3v) is 3.07. The van der Waals surface area contributed by atoms with E-state index in [2.05, 4.69) is 23.5 Å². The van der Waals surface area contributed by atoms with E-state index in [1.807, 2.05) is 4.72 Å². The maximum Gasteiger partial charge on any atom is 0.234 e. The lowest BCUT2D eigenvalue weighted by Gasteiger charge is -2.09. The molecule has 0 saturated carbocycles. The highest BCUT2D eigenvalue weighted by atomic mass is 32.2. The van der Waals surface area contributed by atoms with Crippen molar-refractivity contribution in [2.75, 3.05) is 13.1 Å². The van der Waals surface area contributed by atoms with Gasteiger partial charge in [-0.25, -0.2) is 4.72 Å². The Morgan fingerprint density at radius 3 is 2.89 bits per heavy atom. The van der Waals surface area contributed by atoms with Crippen LogP contribution in [0.15, 0.2) is 23.8 Å². The summed E-state index contributed by atoms with van der Waals surface area (Å²) in [6, 6.07) is 0. The second kappa shape index (κ2) is 9.02. The summed E-state index contributed by atoms with van der Waals surface area (Å²) in [6.07, 6.45) is 11.7. The fourth-order valence-electron chi connectivity index (χ4n) is 1.74. The summed E-state index contributed by atoms with van der Waals surface area (Å²) < 4.78 is 22.3. The standard InChI is InChI=1S/C12H20N2O3S/c15-12(10-14-18(16)17)13-9-5-4-8-11-6-2-1-3-7-11/h1-2,7,14H,3-6,8-10H2,(H,13,15)(H,16,17)/p-1. The third-order valence-electron chi connectivity index (χ3n) is 2.69. The first-order valence-corrected chi connectivity index (χ1v) is 7.18. The average Bonchev–Trinajstić information content (AvgIpc) is 2.37. The zero-order valence-electron chi connectivity index (χ0n) is 10.3. The lowest BCUT2D eigenvalue weighted by atomic mass is 10.0. The molecule has 1 aliphatic carbocycles. The fourth-order valence-corrected chi connectivity index (χ4v) is 1.99. The van der Waals surface area contributed by atoms with Crippen LogP contribution in [0.25, 0.3) is 0 Å².